The first-order valence-electron chi connectivity index (χ1n) is 6.57. The van der Waals surface area contributed by atoms with E-state index in [-0.39, 0.29) is 12.0 Å². The Kier molecular flexibility index (Phi) is 3.30. The van der Waals surface area contributed by atoms with Gasteiger partial charge in [-0.1, -0.05) is 0 Å². The molecule has 2 N–H and O–H groups in total. The van der Waals surface area contributed by atoms with E-state index in [1.165, 1.54) is 6.26 Å². The van der Waals surface area contributed by atoms with E-state index in [1.807, 2.05) is 0 Å². The highest BCUT2D eigenvalue weighted by Gasteiger charge is 2.44. The lowest BCUT2D eigenvalue weighted by molar-refractivity contribution is -0.190. The Labute approximate surface area is 111 Å². The minimum Gasteiger partial charge on any atom is -0.459 e. The molecule has 1 spiro atoms. The van der Waals surface area contributed by atoms with Gasteiger partial charge in [-0.05, 0) is 12.1 Å². The number of furan rings is 1. The Morgan fingerprint density at radius 2 is 2.26 bits per heavy atom. The molecule has 0 aliphatic carbocycles. The standard InChI is InChI=1S/C13H18N2O4/c14-8-10-9-18-13(19-10)3-5-15(6-4-13)12(16)11-2-1-7-17-11/h1-2,7,10H,3-6,8-9,14H2. The van der Waals surface area contributed by atoms with Crippen molar-refractivity contribution in [1.82, 2.24) is 4.90 Å². The number of nitrogens with two attached hydrogens (primary N) is 1. The summed E-state index contributed by atoms with van der Waals surface area (Å²) in [6.07, 6.45) is 2.84. The van der Waals surface area contributed by atoms with Crippen molar-refractivity contribution >= 4 is 5.91 Å². The first-order chi connectivity index (χ1) is 9.22. The van der Waals surface area contributed by atoms with Gasteiger partial charge in [0.15, 0.2) is 11.5 Å². The molecule has 1 aromatic rings. The van der Waals surface area contributed by atoms with Crippen LogP contribution in [0.2, 0.25) is 0 Å². The zero-order valence-electron chi connectivity index (χ0n) is 10.7. The highest BCUT2D eigenvalue weighted by molar-refractivity contribution is 5.91. The number of ether oxygens (including phenoxy) is 2. The van der Waals surface area contributed by atoms with Crippen LogP contribution in [0.25, 0.3) is 0 Å². The Balaban J connectivity index is 1.59. The summed E-state index contributed by atoms with van der Waals surface area (Å²) in [7, 11) is 0. The normalized spacial score (nSPS) is 25.9. The molecule has 6 nitrogen and oxygen atoms in total. The summed E-state index contributed by atoms with van der Waals surface area (Å²) in [5.41, 5.74) is 5.58. The minimum absolute atomic E-state index is 0.0210. The van der Waals surface area contributed by atoms with Crippen LogP contribution < -0.4 is 5.73 Å². The number of carbonyl (C=O) groups excluding carboxylic acids is 1. The minimum atomic E-state index is -0.538. The average Bonchev–Trinajstić information content (AvgIpc) is 3.09. The van der Waals surface area contributed by atoms with E-state index in [2.05, 4.69) is 0 Å². The summed E-state index contributed by atoms with van der Waals surface area (Å²) in [5, 5.41) is 0. The molecule has 2 fully saturated rings. The summed E-state index contributed by atoms with van der Waals surface area (Å²) in [6.45, 7) is 2.23. The van der Waals surface area contributed by atoms with Crippen LogP contribution >= 0.6 is 0 Å². The van der Waals surface area contributed by atoms with Gasteiger partial charge >= 0.3 is 0 Å². The molecule has 2 saturated heterocycles. The van der Waals surface area contributed by atoms with Crippen LogP contribution in [0.4, 0.5) is 0 Å². The maximum Gasteiger partial charge on any atom is 0.289 e. The molecule has 0 radical (unpaired) electrons. The van der Waals surface area contributed by atoms with Crippen LogP contribution in [0, 0.1) is 0 Å². The number of amides is 1. The van der Waals surface area contributed by atoms with Crippen molar-refractivity contribution in [2.45, 2.75) is 24.7 Å². The molecule has 1 aromatic heterocycles. The Morgan fingerprint density at radius 3 is 2.84 bits per heavy atom. The molecular formula is C13H18N2O4. The highest BCUT2D eigenvalue weighted by Crippen LogP contribution is 2.34. The number of piperidine rings is 1. The van der Waals surface area contributed by atoms with Gasteiger partial charge in [0.05, 0.1) is 19.0 Å². The molecule has 0 saturated carbocycles. The van der Waals surface area contributed by atoms with Crippen molar-refractivity contribution in [3.8, 4) is 0 Å². The lowest BCUT2D eigenvalue weighted by atomic mass is 10.0. The van der Waals surface area contributed by atoms with Gasteiger partial charge in [0, 0.05) is 32.5 Å². The van der Waals surface area contributed by atoms with E-state index in [1.54, 1.807) is 17.0 Å². The van der Waals surface area contributed by atoms with E-state index in [0.717, 1.165) is 0 Å². The van der Waals surface area contributed by atoms with Crippen molar-refractivity contribution < 1.29 is 18.7 Å². The summed E-state index contributed by atoms with van der Waals surface area (Å²) in [5.74, 6) is -0.235. The van der Waals surface area contributed by atoms with E-state index in [4.69, 9.17) is 19.6 Å². The monoisotopic (exact) mass is 266 g/mol. The fourth-order valence-corrected chi connectivity index (χ4v) is 2.60. The van der Waals surface area contributed by atoms with Gasteiger partial charge in [0.1, 0.15) is 0 Å². The van der Waals surface area contributed by atoms with Gasteiger partial charge in [-0.2, -0.15) is 0 Å². The second-order valence-electron chi connectivity index (χ2n) is 4.97. The molecule has 2 aliphatic rings. The van der Waals surface area contributed by atoms with Crippen LogP contribution in [0.3, 0.4) is 0 Å². The number of carbonyl (C=O) groups is 1. The molecular weight excluding hydrogens is 248 g/mol. The maximum atomic E-state index is 12.1. The topological polar surface area (TPSA) is 77.9 Å². The highest BCUT2D eigenvalue weighted by atomic mass is 16.7. The molecule has 1 atom stereocenters. The molecule has 19 heavy (non-hydrogen) atoms. The molecule has 2 aliphatic heterocycles. The zero-order chi connectivity index (χ0) is 13.3. The molecule has 3 rings (SSSR count). The molecule has 104 valence electrons. The second kappa shape index (κ2) is 4.96. The number of hydrogen-bond acceptors (Lipinski definition) is 5. The Hall–Kier alpha value is -1.37. The number of hydrogen-bond donors (Lipinski definition) is 1. The molecule has 3 heterocycles. The van der Waals surface area contributed by atoms with E-state index < -0.39 is 5.79 Å². The summed E-state index contributed by atoms with van der Waals surface area (Å²) in [4.78, 5) is 13.9. The smallest absolute Gasteiger partial charge is 0.289 e. The first-order valence-corrected chi connectivity index (χ1v) is 6.57. The molecule has 1 amide bonds. The lowest BCUT2D eigenvalue weighted by Gasteiger charge is -2.37. The third-order valence-corrected chi connectivity index (χ3v) is 3.72. The average molecular weight is 266 g/mol. The molecule has 0 aromatic carbocycles. The Morgan fingerprint density at radius 1 is 1.47 bits per heavy atom. The van der Waals surface area contributed by atoms with Crippen LogP contribution in [-0.4, -0.2) is 48.9 Å². The predicted molar refractivity (Wildman–Crippen MR) is 66.5 cm³/mol. The summed E-state index contributed by atoms with van der Waals surface area (Å²) in [6, 6.07) is 3.40. The van der Waals surface area contributed by atoms with Crippen molar-refractivity contribution in [2.75, 3.05) is 26.2 Å². The number of nitrogens with zero attached hydrogens (tertiary/aromatic N) is 1. The summed E-state index contributed by atoms with van der Waals surface area (Å²) < 4.78 is 16.7. The van der Waals surface area contributed by atoms with E-state index in [9.17, 15) is 4.79 Å². The largest absolute Gasteiger partial charge is 0.459 e. The summed E-state index contributed by atoms with van der Waals surface area (Å²) >= 11 is 0. The quantitative estimate of drug-likeness (QED) is 0.847. The van der Waals surface area contributed by atoms with Crippen molar-refractivity contribution in [3.05, 3.63) is 24.2 Å². The predicted octanol–water partition coefficient (Wildman–Crippen LogP) is 0.586. The van der Waals surface area contributed by atoms with Gasteiger partial charge in [-0.3, -0.25) is 4.79 Å². The fourth-order valence-electron chi connectivity index (χ4n) is 2.60. The van der Waals surface area contributed by atoms with Crippen LogP contribution in [0.5, 0.6) is 0 Å². The number of likely N-dealkylation sites (tertiary alicyclic amines) is 1. The van der Waals surface area contributed by atoms with Gasteiger partial charge in [-0.25, -0.2) is 0 Å². The van der Waals surface area contributed by atoms with Crippen molar-refractivity contribution in [2.24, 2.45) is 5.73 Å². The second-order valence-corrected chi connectivity index (χ2v) is 4.97. The van der Waals surface area contributed by atoms with Crippen LogP contribution in [-0.2, 0) is 9.47 Å². The van der Waals surface area contributed by atoms with E-state index in [0.29, 0.717) is 44.8 Å². The molecule has 6 heteroatoms. The molecule has 0 bridgehead atoms. The van der Waals surface area contributed by atoms with Crippen LogP contribution in [0.1, 0.15) is 23.4 Å². The maximum absolute atomic E-state index is 12.1. The SMILES string of the molecule is NCC1COC2(CCN(C(=O)c3ccco3)CC2)O1. The van der Waals surface area contributed by atoms with Crippen molar-refractivity contribution in [1.29, 1.82) is 0 Å². The Bertz CT molecular complexity index is 438. The zero-order valence-corrected chi connectivity index (χ0v) is 10.7. The van der Waals surface area contributed by atoms with Gasteiger partial charge in [0.25, 0.3) is 5.91 Å². The first kappa shape index (κ1) is 12.7. The van der Waals surface area contributed by atoms with E-state index >= 15 is 0 Å². The fraction of sp³-hybridized carbons (Fsp3) is 0.615. The third kappa shape index (κ3) is 2.39. The van der Waals surface area contributed by atoms with Crippen molar-refractivity contribution in [3.63, 3.8) is 0 Å². The lowest BCUT2D eigenvalue weighted by Crippen LogP contribution is -2.47. The van der Waals surface area contributed by atoms with Crippen LogP contribution in [0.15, 0.2) is 22.8 Å². The third-order valence-electron chi connectivity index (χ3n) is 3.72. The van der Waals surface area contributed by atoms with Gasteiger partial charge < -0.3 is 24.5 Å². The molecule has 1 unspecified atom stereocenters. The number of rotatable bonds is 2. The van der Waals surface area contributed by atoms with Gasteiger partial charge in [-0.15, -0.1) is 0 Å². The van der Waals surface area contributed by atoms with Gasteiger partial charge in [0.2, 0.25) is 0 Å².